The van der Waals surface area contributed by atoms with Gasteiger partial charge in [-0.3, -0.25) is 4.79 Å². The summed E-state index contributed by atoms with van der Waals surface area (Å²) in [5.41, 5.74) is -0.526. The monoisotopic (exact) mass is 399 g/mol. The lowest BCUT2D eigenvalue weighted by molar-refractivity contribution is -0.118. The Balaban J connectivity index is 2.06. The first-order valence-electron chi connectivity index (χ1n) is 7.67. The molecule has 0 N–H and O–H groups in total. The number of carbonyl (C=O) groups is 2. The zero-order valence-electron chi connectivity index (χ0n) is 13.7. The van der Waals surface area contributed by atoms with Crippen LogP contribution in [0.3, 0.4) is 0 Å². The van der Waals surface area contributed by atoms with Crippen molar-refractivity contribution in [3.63, 3.8) is 0 Å². The lowest BCUT2D eigenvalue weighted by Crippen LogP contribution is -2.40. The molecule has 6 heteroatoms. The number of thioether (sulfide) groups is 1. The Bertz CT molecular complexity index is 568. The van der Waals surface area contributed by atoms with Crippen LogP contribution in [-0.2, 0) is 9.53 Å². The van der Waals surface area contributed by atoms with Gasteiger partial charge in [0.2, 0.25) is 0 Å². The summed E-state index contributed by atoms with van der Waals surface area (Å²) in [7, 11) is 0. The molecule has 0 bridgehead atoms. The van der Waals surface area contributed by atoms with Crippen LogP contribution in [0.4, 0.5) is 4.79 Å². The summed E-state index contributed by atoms with van der Waals surface area (Å²) in [4.78, 5) is 27.3. The SMILES string of the molecule is CC(C)(C)OC(=O)N1CCCC(=O)C(Sc2ccc(Br)cc2)C1. The zero-order valence-corrected chi connectivity index (χ0v) is 16.1. The van der Waals surface area contributed by atoms with E-state index in [1.807, 2.05) is 45.0 Å². The molecule has 0 aliphatic carbocycles. The number of carbonyl (C=O) groups excluding carboxylic acids is 2. The summed E-state index contributed by atoms with van der Waals surface area (Å²) in [5.74, 6) is 0.198. The average Bonchev–Trinajstić information content (AvgIpc) is 2.62. The molecule has 1 aromatic rings. The lowest BCUT2D eigenvalue weighted by Gasteiger charge is -2.27. The molecule has 1 saturated heterocycles. The quantitative estimate of drug-likeness (QED) is 0.733. The number of rotatable bonds is 2. The maximum atomic E-state index is 12.3. The zero-order chi connectivity index (χ0) is 17.0. The van der Waals surface area contributed by atoms with Gasteiger partial charge in [-0.15, -0.1) is 11.8 Å². The van der Waals surface area contributed by atoms with E-state index in [0.29, 0.717) is 25.9 Å². The molecule has 1 aliphatic heterocycles. The van der Waals surface area contributed by atoms with Crippen molar-refractivity contribution >= 4 is 39.6 Å². The van der Waals surface area contributed by atoms with Crippen LogP contribution in [-0.4, -0.2) is 40.7 Å². The van der Waals surface area contributed by atoms with E-state index >= 15 is 0 Å². The van der Waals surface area contributed by atoms with Crippen molar-refractivity contribution in [3.05, 3.63) is 28.7 Å². The highest BCUT2D eigenvalue weighted by molar-refractivity contribution is 9.10. The molecule has 1 atom stereocenters. The Labute approximate surface area is 150 Å². The van der Waals surface area contributed by atoms with Crippen LogP contribution in [0.5, 0.6) is 0 Å². The lowest BCUT2D eigenvalue weighted by atomic mass is 10.2. The largest absolute Gasteiger partial charge is 0.444 e. The minimum atomic E-state index is -0.526. The van der Waals surface area contributed by atoms with Crippen molar-refractivity contribution in [1.82, 2.24) is 4.90 Å². The van der Waals surface area contributed by atoms with Gasteiger partial charge in [-0.05, 0) is 51.5 Å². The van der Waals surface area contributed by atoms with E-state index in [9.17, 15) is 9.59 Å². The molecular formula is C17H22BrNO3S. The molecule has 0 saturated carbocycles. The maximum absolute atomic E-state index is 12.3. The third-order valence-electron chi connectivity index (χ3n) is 3.34. The van der Waals surface area contributed by atoms with Crippen molar-refractivity contribution in [2.24, 2.45) is 0 Å². The molecule has 1 amide bonds. The van der Waals surface area contributed by atoms with E-state index in [4.69, 9.17) is 4.74 Å². The Morgan fingerprint density at radius 2 is 1.96 bits per heavy atom. The fraction of sp³-hybridized carbons (Fsp3) is 0.529. The van der Waals surface area contributed by atoms with Crippen LogP contribution >= 0.6 is 27.7 Å². The molecule has 23 heavy (non-hydrogen) atoms. The van der Waals surface area contributed by atoms with E-state index in [-0.39, 0.29) is 17.1 Å². The second-order valence-electron chi connectivity index (χ2n) is 6.56. The highest BCUT2D eigenvalue weighted by Gasteiger charge is 2.30. The number of hydrogen-bond donors (Lipinski definition) is 0. The Morgan fingerprint density at radius 3 is 2.57 bits per heavy atom. The fourth-order valence-electron chi connectivity index (χ4n) is 2.27. The Hall–Kier alpha value is -1.01. The summed E-state index contributed by atoms with van der Waals surface area (Å²) >= 11 is 4.92. The van der Waals surface area contributed by atoms with Crippen LogP contribution in [0, 0.1) is 0 Å². The number of ether oxygens (including phenoxy) is 1. The van der Waals surface area contributed by atoms with Crippen molar-refractivity contribution in [1.29, 1.82) is 0 Å². The average molecular weight is 400 g/mol. The van der Waals surface area contributed by atoms with E-state index in [2.05, 4.69) is 15.9 Å². The van der Waals surface area contributed by atoms with Gasteiger partial charge in [0.15, 0.2) is 0 Å². The number of nitrogens with zero attached hydrogens (tertiary/aromatic N) is 1. The van der Waals surface area contributed by atoms with Crippen LogP contribution in [0.2, 0.25) is 0 Å². The Kier molecular flexibility index (Phi) is 6.14. The number of hydrogen-bond acceptors (Lipinski definition) is 4. The summed E-state index contributed by atoms with van der Waals surface area (Å²) < 4.78 is 6.45. The molecule has 1 aromatic carbocycles. The van der Waals surface area contributed by atoms with Crippen LogP contribution in [0.25, 0.3) is 0 Å². The minimum absolute atomic E-state index is 0.198. The van der Waals surface area contributed by atoms with Crippen molar-refractivity contribution in [3.8, 4) is 0 Å². The van der Waals surface area contributed by atoms with Gasteiger partial charge in [0.25, 0.3) is 0 Å². The number of amides is 1. The first kappa shape index (κ1) is 18.3. The first-order chi connectivity index (χ1) is 10.7. The normalized spacial score (nSPS) is 19.4. The number of halogens is 1. The second kappa shape index (κ2) is 7.71. The van der Waals surface area contributed by atoms with Crippen molar-refractivity contribution < 1.29 is 14.3 Å². The van der Waals surface area contributed by atoms with E-state index in [1.165, 1.54) is 11.8 Å². The molecule has 1 unspecified atom stereocenters. The third-order valence-corrected chi connectivity index (χ3v) is 5.11. The maximum Gasteiger partial charge on any atom is 0.410 e. The molecule has 4 nitrogen and oxygen atoms in total. The van der Waals surface area contributed by atoms with Gasteiger partial charge < -0.3 is 9.64 Å². The number of likely N-dealkylation sites (tertiary alicyclic amines) is 1. The predicted molar refractivity (Wildman–Crippen MR) is 95.8 cm³/mol. The first-order valence-corrected chi connectivity index (χ1v) is 9.35. The number of Topliss-reactive ketones (excluding diaryl/α,β-unsaturated/α-hetero) is 1. The molecular weight excluding hydrogens is 378 g/mol. The van der Waals surface area contributed by atoms with Crippen molar-refractivity contribution in [2.75, 3.05) is 13.1 Å². The molecule has 126 valence electrons. The van der Waals surface area contributed by atoms with Gasteiger partial charge in [-0.2, -0.15) is 0 Å². The van der Waals surface area contributed by atoms with Gasteiger partial charge in [0, 0.05) is 28.9 Å². The molecule has 1 heterocycles. The Morgan fingerprint density at radius 1 is 1.30 bits per heavy atom. The van der Waals surface area contributed by atoms with E-state index in [1.54, 1.807) is 4.90 Å². The van der Waals surface area contributed by atoms with Gasteiger partial charge in [0.1, 0.15) is 11.4 Å². The molecule has 0 aromatic heterocycles. The number of ketones is 1. The van der Waals surface area contributed by atoms with Gasteiger partial charge >= 0.3 is 6.09 Å². The van der Waals surface area contributed by atoms with Gasteiger partial charge in [-0.25, -0.2) is 4.79 Å². The van der Waals surface area contributed by atoms with Gasteiger partial charge in [-0.1, -0.05) is 15.9 Å². The van der Waals surface area contributed by atoms with Crippen LogP contribution < -0.4 is 0 Å². The summed E-state index contributed by atoms with van der Waals surface area (Å²) in [6, 6.07) is 7.86. The molecule has 1 fully saturated rings. The standard InChI is InChI=1S/C17H22BrNO3S/c1-17(2,3)22-16(21)19-10-4-5-14(20)15(11-19)23-13-8-6-12(18)7-9-13/h6-9,15H,4-5,10-11H2,1-3H3. The minimum Gasteiger partial charge on any atom is -0.444 e. The molecule has 2 rings (SSSR count). The van der Waals surface area contributed by atoms with Crippen LogP contribution in [0.1, 0.15) is 33.6 Å². The fourth-order valence-corrected chi connectivity index (χ4v) is 3.66. The highest BCUT2D eigenvalue weighted by Crippen LogP contribution is 2.29. The summed E-state index contributed by atoms with van der Waals surface area (Å²) in [5, 5.41) is -0.244. The predicted octanol–water partition coefficient (Wildman–Crippen LogP) is 4.51. The second-order valence-corrected chi connectivity index (χ2v) is 8.75. The summed E-state index contributed by atoms with van der Waals surface area (Å²) in [6.45, 7) is 6.51. The van der Waals surface area contributed by atoms with Crippen LogP contribution in [0.15, 0.2) is 33.6 Å². The van der Waals surface area contributed by atoms with Crippen molar-refractivity contribution in [2.45, 2.75) is 49.4 Å². The molecule has 0 spiro atoms. The smallest absolute Gasteiger partial charge is 0.410 e. The summed E-state index contributed by atoms with van der Waals surface area (Å²) in [6.07, 6.45) is 0.858. The third kappa shape index (κ3) is 5.84. The molecule has 1 aliphatic rings. The molecule has 0 radical (unpaired) electrons. The number of benzene rings is 1. The van der Waals surface area contributed by atoms with E-state index in [0.717, 1.165) is 9.37 Å². The highest BCUT2D eigenvalue weighted by atomic mass is 79.9. The van der Waals surface area contributed by atoms with Gasteiger partial charge in [0.05, 0.1) is 5.25 Å². The van der Waals surface area contributed by atoms with E-state index < -0.39 is 5.60 Å². The topological polar surface area (TPSA) is 46.6 Å².